The van der Waals surface area contributed by atoms with Crippen molar-refractivity contribution in [2.45, 2.75) is 26.2 Å². The van der Waals surface area contributed by atoms with Crippen molar-refractivity contribution in [1.82, 2.24) is 4.57 Å². The fourth-order valence-electron chi connectivity index (χ4n) is 8.16. The number of rotatable bonds is 4. The molecule has 0 radical (unpaired) electrons. The lowest BCUT2D eigenvalue weighted by atomic mass is 9.86. The van der Waals surface area contributed by atoms with Crippen molar-refractivity contribution < 1.29 is 0 Å². The van der Waals surface area contributed by atoms with Crippen molar-refractivity contribution in [3.63, 3.8) is 0 Å². The Morgan fingerprint density at radius 1 is 0.490 bits per heavy atom. The second-order valence-corrected chi connectivity index (χ2v) is 19.0. The van der Waals surface area contributed by atoms with Crippen molar-refractivity contribution in [1.29, 1.82) is 0 Å². The molecule has 0 fully saturated rings. The molecule has 236 valence electrons. The number of benzene rings is 7. The van der Waals surface area contributed by atoms with E-state index in [0.29, 0.717) is 0 Å². The Morgan fingerprint density at radius 3 is 1.65 bits per heavy atom. The molecule has 0 aliphatic carbocycles. The average molecular weight is 711 g/mol. The predicted octanol–water partition coefficient (Wildman–Crippen LogP) is 9.87. The van der Waals surface area contributed by atoms with Gasteiger partial charge in [-0.15, -0.1) is 0 Å². The number of aromatic nitrogens is 1. The highest BCUT2D eigenvalue weighted by molar-refractivity contribution is 9.10. The van der Waals surface area contributed by atoms with Crippen molar-refractivity contribution in [2.24, 2.45) is 0 Å². The standard InChI is InChI=1S/C46H36BrNSi/c1-46(2,3)33-19-27-42-40(29-33)41-30-37(26-28-43(41)48(42)35-22-17-32(18-23-35)31-11-5-4-6-12-31)49(36-24-20-34(47)21-25-36)44-15-9-7-13-38(44)39-14-8-10-16-45(39)49/h4-30H,1-3H3. The van der Waals surface area contributed by atoms with Gasteiger partial charge in [0, 0.05) is 20.9 Å². The van der Waals surface area contributed by atoms with Crippen LogP contribution in [0.15, 0.2) is 168 Å². The molecule has 0 spiro atoms. The summed E-state index contributed by atoms with van der Waals surface area (Å²) < 4.78 is 3.56. The zero-order chi connectivity index (χ0) is 33.3. The van der Waals surface area contributed by atoms with Crippen LogP contribution in [-0.4, -0.2) is 12.6 Å². The minimum absolute atomic E-state index is 0.0360. The normalized spacial score (nSPS) is 13.5. The van der Waals surface area contributed by atoms with Gasteiger partial charge >= 0.3 is 0 Å². The summed E-state index contributed by atoms with van der Waals surface area (Å²) in [4.78, 5) is 0. The lowest BCUT2D eigenvalue weighted by Crippen LogP contribution is -2.72. The Kier molecular flexibility index (Phi) is 6.95. The number of hydrogen-bond acceptors (Lipinski definition) is 0. The van der Waals surface area contributed by atoms with E-state index in [-0.39, 0.29) is 5.41 Å². The Labute approximate surface area is 297 Å². The predicted molar refractivity (Wildman–Crippen MR) is 215 cm³/mol. The zero-order valence-electron chi connectivity index (χ0n) is 27.9. The van der Waals surface area contributed by atoms with Gasteiger partial charge in [0.15, 0.2) is 8.07 Å². The van der Waals surface area contributed by atoms with Crippen LogP contribution in [0.5, 0.6) is 0 Å². The van der Waals surface area contributed by atoms with E-state index in [9.17, 15) is 0 Å². The van der Waals surface area contributed by atoms with Crippen LogP contribution in [0.2, 0.25) is 0 Å². The number of nitrogens with zero attached hydrogens (tertiary/aromatic N) is 1. The van der Waals surface area contributed by atoms with Crippen LogP contribution in [-0.2, 0) is 5.41 Å². The number of fused-ring (bicyclic) bond motifs is 6. The van der Waals surface area contributed by atoms with Crippen molar-refractivity contribution >= 4 is 66.6 Å². The summed E-state index contributed by atoms with van der Waals surface area (Å²) in [6.45, 7) is 6.93. The first-order valence-electron chi connectivity index (χ1n) is 17.0. The largest absolute Gasteiger partial charge is 0.309 e. The van der Waals surface area contributed by atoms with E-state index in [1.165, 1.54) is 76.1 Å². The summed E-state index contributed by atoms with van der Waals surface area (Å²) in [7, 11) is -2.65. The fourth-order valence-corrected chi connectivity index (χ4v) is 13.6. The first kappa shape index (κ1) is 30.1. The highest BCUT2D eigenvalue weighted by Gasteiger charge is 2.48. The van der Waals surface area contributed by atoms with Gasteiger partial charge in [-0.3, -0.25) is 0 Å². The van der Waals surface area contributed by atoms with E-state index >= 15 is 0 Å². The first-order valence-corrected chi connectivity index (χ1v) is 19.8. The molecule has 0 saturated carbocycles. The van der Waals surface area contributed by atoms with Crippen LogP contribution in [0.4, 0.5) is 0 Å². The third-order valence-corrected chi connectivity index (χ3v) is 15.9. The van der Waals surface area contributed by atoms with Gasteiger partial charge in [0.1, 0.15) is 0 Å². The van der Waals surface area contributed by atoms with Crippen LogP contribution < -0.4 is 20.7 Å². The summed E-state index contributed by atoms with van der Waals surface area (Å²) in [6, 6.07) is 61.6. The summed E-state index contributed by atoms with van der Waals surface area (Å²) >= 11 is 3.73. The quantitative estimate of drug-likeness (QED) is 0.160. The second kappa shape index (κ2) is 11.3. The van der Waals surface area contributed by atoms with E-state index < -0.39 is 8.07 Å². The van der Waals surface area contributed by atoms with Crippen molar-refractivity contribution in [2.75, 3.05) is 0 Å². The Hall–Kier alpha value is -4.96. The van der Waals surface area contributed by atoms with Crippen LogP contribution in [0, 0.1) is 0 Å². The highest BCUT2D eigenvalue weighted by atomic mass is 79.9. The van der Waals surface area contributed by atoms with Crippen LogP contribution in [0.3, 0.4) is 0 Å². The van der Waals surface area contributed by atoms with Gasteiger partial charge in [-0.2, -0.15) is 0 Å². The van der Waals surface area contributed by atoms with Crippen molar-refractivity contribution in [3.8, 4) is 27.9 Å². The highest BCUT2D eigenvalue weighted by Crippen LogP contribution is 2.37. The smallest absolute Gasteiger partial charge is 0.180 e. The number of hydrogen-bond donors (Lipinski definition) is 0. The van der Waals surface area contributed by atoms with Gasteiger partial charge < -0.3 is 4.57 Å². The maximum atomic E-state index is 3.73. The SMILES string of the molecule is CC(C)(C)c1ccc2c(c1)c1cc([Si]3(c4ccc(Br)cc4)c4ccccc4-c4ccccc43)ccc1n2-c1ccc(-c2ccccc2)cc1. The van der Waals surface area contributed by atoms with Gasteiger partial charge in [0.25, 0.3) is 0 Å². The minimum Gasteiger partial charge on any atom is -0.309 e. The molecule has 49 heavy (non-hydrogen) atoms. The van der Waals surface area contributed by atoms with E-state index in [1.54, 1.807) is 0 Å². The monoisotopic (exact) mass is 709 g/mol. The molecular weight excluding hydrogens is 675 g/mol. The molecular formula is C46H36BrNSi. The first-order chi connectivity index (χ1) is 23.8. The minimum atomic E-state index is -2.65. The molecule has 2 heterocycles. The third kappa shape index (κ3) is 4.64. The molecule has 0 unspecified atom stereocenters. The summed E-state index contributed by atoms with van der Waals surface area (Å²) in [5.74, 6) is 0. The molecule has 1 nitrogen and oxygen atoms in total. The molecule has 1 aliphatic heterocycles. The number of halogens is 1. The maximum absolute atomic E-state index is 3.73. The molecule has 0 amide bonds. The molecule has 0 bridgehead atoms. The van der Waals surface area contributed by atoms with Gasteiger partial charge in [-0.05, 0) is 96.4 Å². The lowest BCUT2D eigenvalue weighted by molar-refractivity contribution is 0.591. The Balaban J connectivity index is 1.34. The Morgan fingerprint density at radius 2 is 1.02 bits per heavy atom. The van der Waals surface area contributed by atoms with Gasteiger partial charge in [-0.1, -0.05) is 158 Å². The molecule has 8 aromatic rings. The maximum Gasteiger partial charge on any atom is 0.180 e. The van der Waals surface area contributed by atoms with Crippen LogP contribution in [0.25, 0.3) is 49.7 Å². The van der Waals surface area contributed by atoms with Crippen molar-refractivity contribution in [3.05, 3.63) is 174 Å². The van der Waals surface area contributed by atoms with E-state index in [1.807, 2.05) is 0 Å². The van der Waals surface area contributed by atoms with Gasteiger partial charge in [-0.25, -0.2) is 0 Å². The summed E-state index contributed by atoms with van der Waals surface area (Å²) in [6.07, 6.45) is 0. The van der Waals surface area contributed by atoms with Gasteiger partial charge in [0.2, 0.25) is 0 Å². The molecule has 1 aromatic heterocycles. The zero-order valence-corrected chi connectivity index (χ0v) is 30.5. The molecule has 3 heteroatoms. The molecule has 7 aromatic carbocycles. The van der Waals surface area contributed by atoms with E-state index in [2.05, 4.69) is 205 Å². The summed E-state index contributed by atoms with van der Waals surface area (Å²) in [5, 5.41) is 8.36. The average Bonchev–Trinajstić information content (AvgIpc) is 3.62. The summed E-state index contributed by atoms with van der Waals surface area (Å²) in [5.41, 5.74) is 10.2. The lowest BCUT2D eigenvalue weighted by Gasteiger charge is -2.31. The molecule has 0 atom stereocenters. The van der Waals surface area contributed by atoms with E-state index in [4.69, 9.17) is 0 Å². The topological polar surface area (TPSA) is 4.93 Å². The van der Waals surface area contributed by atoms with Gasteiger partial charge in [0.05, 0.1) is 11.0 Å². The second-order valence-electron chi connectivity index (χ2n) is 14.3. The molecule has 9 rings (SSSR count). The molecule has 0 N–H and O–H groups in total. The Bertz CT molecular complexity index is 2470. The van der Waals surface area contributed by atoms with E-state index in [0.717, 1.165) is 4.47 Å². The fraction of sp³-hybridized carbons (Fsp3) is 0.0870. The molecule has 0 saturated heterocycles. The van der Waals surface area contributed by atoms with Crippen LogP contribution >= 0.6 is 15.9 Å². The molecule has 1 aliphatic rings. The third-order valence-electron chi connectivity index (χ3n) is 10.5. The van der Waals surface area contributed by atoms with Crippen LogP contribution in [0.1, 0.15) is 26.3 Å².